The van der Waals surface area contributed by atoms with Crippen molar-refractivity contribution in [2.24, 2.45) is 17.8 Å². The van der Waals surface area contributed by atoms with Crippen molar-refractivity contribution in [1.29, 1.82) is 0 Å². The summed E-state index contributed by atoms with van der Waals surface area (Å²) in [5.74, 6) is 1.80. The smallest absolute Gasteiger partial charge is 0.0585 e. The highest BCUT2D eigenvalue weighted by molar-refractivity contribution is 4.85. The quantitative estimate of drug-likeness (QED) is 0.769. The molecule has 1 fully saturated rings. The molecule has 4 atom stereocenters. The SMILES string of the molecule is CCCN(CCN(C)C)CC1C(C)CC(C)CC1O. The lowest BCUT2D eigenvalue weighted by Crippen LogP contribution is -2.44. The summed E-state index contributed by atoms with van der Waals surface area (Å²) in [5, 5.41) is 10.4. The molecule has 19 heavy (non-hydrogen) atoms. The zero-order chi connectivity index (χ0) is 14.4. The van der Waals surface area contributed by atoms with Gasteiger partial charge in [-0.2, -0.15) is 0 Å². The molecule has 0 heterocycles. The van der Waals surface area contributed by atoms with E-state index in [-0.39, 0.29) is 6.10 Å². The first-order valence-corrected chi connectivity index (χ1v) is 7.99. The Hall–Kier alpha value is -0.120. The van der Waals surface area contributed by atoms with E-state index in [0.717, 1.165) is 32.6 Å². The zero-order valence-corrected chi connectivity index (χ0v) is 13.6. The minimum Gasteiger partial charge on any atom is -0.393 e. The summed E-state index contributed by atoms with van der Waals surface area (Å²) >= 11 is 0. The summed E-state index contributed by atoms with van der Waals surface area (Å²) in [7, 11) is 4.26. The van der Waals surface area contributed by atoms with Crippen LogP contribution in [0, 0.1) is 17.8 Å². The van der Waals surface area contributed by atoms with Crippen molar-refractivity contribution < 1.29 is 5.11 Å². The Labute approximate surface area is 120 Å². The van der Waals surface area contributed by atoms with Gasteiger partial charge in [0.25, 0.3) is 0 Å². The van der Waals surface area contributed by atoms with Gasteiger partial charge in [-0.3, -0.25) is 0 Å². The highest BCUT2D eigenvalue weighted by Crippen LogP contribution is 2.34. The molecule has 3 nitrogen and oxygen atoms in total. The molecule has 0 aliphatic heterocycles. The lowest BCUT2D eigenvalue weighted by atomic mass is 9.73. The maximum absolute atomic E-state index is 10.4. The van der Waals surface area contributed by atoms with Gasteiger partial charge in [0, 0.05) is 25.6 Å². The van der Waals surface area contributed by atoms with E-state index in [2.05, 4.69) is 44.7 Å². The Balaban J connectivity index is 2.51. The monoisotopic (exact) mass is 270 g/mol. The van der Waals surface area contributed by atoms with Crippen LogP contribution in [0.4, 0.5) is 0 Å². The van der Waals surface area contributed by atoms with Gasteiger partial charge in [-0.1, -0.05) is 20.8 Å². The van der Waals surface area contributed by atoms with Gasteiger partial charge in [0.1, 0.15) is 0 Å². The predicted molar refractivity (Wildman–Crippen MR) is 82.3 cm³/mol. The molecule has 0 aromatic rings. The predicted octanol–water partition coefficient (Wildman–Crippen LogP) is 2.30. The topological polar surface area (TPSA) is 26.7 Å². The Bertz CT molecular complexity index is 233. The molecule has 0 spiro atoms. The molecule has 0 saturated heterocycles. The van der Waals surface area contributed by atoms with Crippen molar-refractivity contribution in [3.05, 3.63) is 0 Å². The number of likely N-dealkylation sites (N-methyl/N-ethyl adjacent to an activating group) is 1. The van der Waals surface area contributed by atoms with E-state index in [1.807, 2.05) is 0 Å². The van der Waals surface area contributed by atoms with E-state index in [1.165, 1.54) is 12.8 Å². The van der Waals surface area contributed by atoms with E-state index in [9.17, 15) is 5.11 Å². The first-order chi connectivity index (χ1) is 8.93. The zero-order valence-electron chi connectivity index (χ0n) is 13.6. The van der Waals surface area contributed by atoms with Gasteiger partial charge in [0.05, 0.1) is 6.10 Å². The molecule has 114 valence electrons. The number of aliphatic hydroxyl groups is 1. The van der Waals surface area contributed by atoms with E-state index >= 15 is 0 Å². The fourth-order valence-corrected chi connectivity index (χ4v) is 3.42. The molecule has 0 radical (unpaired) electrons. The van der Waals surface area contributed by atoms with Crippen LogP contribution in [0.1, 0.15) is 40.0 Å². The second-order valence-electron chi connectivity index (χ2n) is 6.89. The van der Waals surface area contributed by atoms with Crippen molar-refractivity contribution in [2.75, 3.05) is 40.3 Å². The van der Waals surface area contributed by atoms with Crippen molar-refractivity contribution in [1.82, 2.24) is 9.80 Å². The summed E-state index contributed by atoms with van der Waals surface area (Å²) < 4.78 is 0. The second kappa shape index (κ2) is 8.23. The van der Waals surface area contributed by atoms with Crippen LogP contribution in [0.25, 0.3) is 0 Å². The van der Waals surface area contributed by atoms with E-state index in [4.69, 9.17) is 0 Å². The van der Waals surface area contributed by atoms with Gasteiger partial charge in [-0.05, 0) is 51.7 Å². The molecule has 1 aliphatic rings. The lowest BCUT2D eigenvalue weighted by molar-refractivity contribution is -0.00269. The number of hydrogen-bond acceptors (Lipinski definition) is 3. The van der Waals surface area contributed by atoms with Crippen molar-refractivity contribution in [3.63, 3.8) is 0 Å². The van der Waals surface area contributed by atoms with Crippen LogP contribution in [-0.4, -0.2) is 61.3 Å². The highest BCUT2D eigenvalue weighted by Gasteiger charge is 2.33. The standard InChI is InChI=1S/C16H34N2O/c1-6-7-18(9-8-17(4)5)12-15-14(3)10-13(2)11-16(15)19/h13-16,19H,6-12H2,1-5H3. The minimum atomic E-state index is -0.0996. The van der Waals surface area contributed by atoms with Gasteiger partial charge in [-0.25, -0.2) is 0 Å². The molecule has 0 bridgehead atoms. The number of rotatable bonds is 7. The number of nitrogens with zero attached hydrogens (tertiary/aromatic N) is 2. The summed E-state index contributed by atoms with van der Waals surface area (Å²) in [6.07, 6.45) is 3.36. The first kappa shape index (κ1) is 16.9. The molecule has 1 N–H and O–H groups in total. The Morgan fingerprint density at radius 2 is 1.74 bits per heavy atom. The second-order valence-corrected chi connectivity index (χ2v) is 6.89. The lowest BCUT2D eigenvalue weighted by Gasteiger charge is -2.40. The van der Waals surface area contributed by atoms with Crippen molar-refractivity contribution in [2.45, 2.75) is 46.1 Å². The number of aliphatic hydroxyl groups excluding tert-OH is 1. The van der Waals surface area contributed by atoms with Gasteiger partial charge in [0.15, 0.2) is 0 Å². The van der Waals surface area contributed by atoms with Crippen LogP contribution in [0.2, 0.25) is 0 Å². The van der Waals surface area contributed by atoms with E-state index in [1.54, 1.807) is 0 Å². The summed E-state index contributed by atoms with van der Waals surface area (Å²) in [6, 6.07) is 0. The molecule has 0 amide bonds. The van der Waals surface area contributed by atoms with E-state index in [0.29, 0.717) is 17.8 Å². The van der Waals surface area contributed by atoms with Crippen LogP contribution in [0.3, 0.4) is 0 Å². The molecule has 1 aliphatic carbocycles. The molecular formula is C16H34N2O. The maximum atomic E-state index is 10.4. The van der Waals surface area contributed by atoms with E-state index < -0.39 is 0 Å². The van der Waals surface area contributed by atoms with Gasteiger partial charge >= 0.3 is 0 Å². The van der Waals surface area contributed by atoms with Crippen LogP contribution < -0.4 is 0 Å². The van der Waals surface area contributed by atoms with Crippen LogP contribution in [0.5, 0.6) is 0 Å². The molecule has 0 aromatic carbocycles. The number of hydrogen-bond donors (Lipinski definition) is 1. The Morgan fingerprint density at radius 1 is 1.05 bits per heavy atom. The Morgan fingerprint density at radius 3 is 2.26 bits per heavy atom. The van der Waals surface area contributed by atoms with Crippen LogP contribution in [0.15, 0.2) is 0 Å². The third-order valence-electron chi connectivity index (χ3n) is 4.52. The van der Waals surface area contributed by atoms with Gasteiger partial charge < -0.3 is 14.9 Å². The molecule has 1 saturated carbocycles. The average Bonchev–Trinajstić information content (AvgIpc) is 2.30. The fourth-order valence-electron chi connectivity index (χ4n) is 3.42. The largest absolute Gasteiger partial charge is 0.393 e. The third kappa shape index (κ3) is 5.80. The average molecular weight is 270 g/mol. The molecule has 4 unspecified atom stereocenters. The summed E-state index contributed by atoms with van der Waals surface area (Å²) in [4.78, 5) is 4.78. The molecule has 1 rings (SSSR count). The first-order valence-electron chi connectivity index (χ1n) is 7.99. The highest BCUT2D eigenvalue weighted by atomic mass is 16.3. The minimum absolute atomic E-state index is 0.0996. The molecule has 3 heteroatoms. The van der Waals surface area contributed by atoms with Crippen LogP contribution in [-0.2, 0) is 0 Å². The molecule has 0 aromatic heterocycles. The van der Waals surface area contributed by atoms with Gasteiger partial charge in [-0.15, -0.1) is 0 Å². The Kier molecular flexibility index (Phi) is 7.33. The van der Waals surface area contributed by atoms with Crippen molar-refractivity contribution >= 4 is 0 Å². The summed E-state index contributed by atoms with van der Waals surface area (Å²) in [6.45, 7) is 11.3. The molecular weight excluding hydrogens is 236 g/mol. The van der Waals surface area contributed by atoms with Gasteiger partial charge in [0.2, 0.25) is 0 Å². The normalized spacial score (nSPS) is 32.2. The fraction of sp³-hybridized carbons (Fsp3) is 1.00. The third-order valence-corrected chi connectivity index (χ3v) is 4.52. The van der Waals surface area contributed by atoms with Crippen LogP contribution >= 0.6 is 0 Å². The summed E-state index contributed by atoms with van der Waals surface area (Å²) in [5.41, 5.74) is 0. The van der Waals surface area contributed by atoms with Crippen molar-refractivity contribution in [3.8, 4) is 0 Å². The maximum Gasteiger partial charge on any atom is 0.0585 e.